The van der Waals surface area contributed by atoms with Gasteiger partial charge in [-0.25, -0.2) is 15.2 Å². The minimum absolute atomic E-state index is 0.0412. The van der Waals surface area contributed by atoms with Crippen LogP contribution in [0.1, 0.15) is 60.6 Å². The molecule has 0 amide bonds. The number of allylic oxidation sites excluding steroid dienone is 1. The van der Waals surface area contributed by atoms with Crippen molar-refractivity contribution in [3.8, 4) is 0 Å². The average molecular weight is 501 g/mol. The van der Waals surface area contributed by atoms with Crippen LogP contribution in [0.4, 0.5) is 0 Å². The van der Waals surface area contributed by atoms with E-state index in [2.05, 4.69) is 29.0 Å². The first-order valence-corrected chi connectivity index (χ1v) is 13.6. The van der Waals surface area contributed by atoms with Crippen LogP contribution in [-0.2, 0) is 18.9 Å². The topological polar surface area (TPSA) is 136 Å². The van der Waals surface area contributed by atoms with E-state index in [-0.39, 0.29) is 12.1 Å². The fourth-order valence-corrected chi connectivity index (χ4v) is 6.32. The first-order chi connectivity index (χ1) is 15.2. The second kappa shape index (κ2) is 12.0. The highest BCUT2D eigenvalue weighted by Crippen LogP contribution is 2.42. The molecule has 33 heavy (non-hydrogen) atoms. The summed E-state index contributed by atoms with van der Waals surface area (Å²) in [5.74, 6) is 0.161. The van der Waals surface area contributed by atoms with Gasteiger partial charge in [0.1, 0.15) is 17.5 Å². The van der Waals surface area contributed by atoms with Gasteiger partial charge in [-0.3, -0.25) is 9.36 Å². The molecule has 1 rings (SSSR count). The van der Waals surface area contributed by atoms with Crippen LogP contribution < -0.4 is 21.4 Å². The van der Waals surface area contributed by atoms with Crippen molar-refractivity contribution in [3.63, 3.8) is 0 Å². The highest BCUT2D eigenvalue weighted by atomic mass is 32.2. The Bertz CT molecular complexity index is 937. The molecule has 9 nitrogen and oxygen atoms in total. The van der Waals surface area contributed by atoms with E-state index in [1.54, 1.807) is 40.7 Å². The molecule has 0 aromatic carbocycles. The van der Waals surface area contributed by atoms with E-state index in [0.717, 1.165) is 11.3 Å². The van der Waals surface area contributed by atoms with Crippen molar-refractivity contribution >= 4 is 49.0 Å². The first-order valence-electron chi connectivity index (χ1n) is 10.7. The molecule has 0 spiro atoms. The molecule has 1 heterocycles. The van der Waals surface area contributed by atoms with E-state index in [0.29, 0.717) is 23.7 Å². The van der Waals surface area contributed by atoms with Gasteiger partial charge in [-0.15, -0.1) is 11.8 Å². The van der Waals surface area contributed by atoms with Crippen LogP contribution in [0.5, 0.6) is 0 Å². The van der Waals surface area contributed by atoms with E-state index < -0.39 is 24.5 Å². The normalized spacial score (nSPS) is 15.4. The minimum Gasteiger partial charge on any atom is -0.465 e. The van der Waals surface area contributed by atoms with Crippen molar-refractivity contribution in [1.29, 1.82) is 0 Å². The van der Waals surface area contributed by atoms with Crippen LogP contribution >= 0.6 is 19.2 Å². The number of nitrogens with two attached hydrogens (primary N) is 1. The summed E-state index contributed by atoms with van der Waals surface area (Å²) in [4.78, 5) is 29.3. The maximum atomic E-state index is 14.2. The number of nitrogens with one attached hydrogen (secondary N) is 2. The summed E-state index contributed by atoms with van der Waals surface area (Å²) in [6.07, 6.45) is 4.52. The molecule has 1 aromatic heterocycles. The number of furan rings is 1. The van der Waals surface area contributed by atoms with E-state index in [9.17, 15) is 14.2 Å². The van der Waals surface area contributed by atoms with Gasteiger partial charge in [0.15, 0.2) is 11.3 Å². The molecule has 1 atom stereocenters. The Kier molecular flexibility index (Phi) is 10.6. The van der Waals surface area contributed by atoms with Gasteiger partial charge in [-0.1, -0.05) is 13.8 Å². The second-order valence-corrected chi connectivity index (χ2v) is 12.0. The van der Waals surface area contributed by atoms with Gasteiger partial charge in [0.25, 0.3) is 7.44 Å². The van der Waals surface area contributed by atoms with Gasteiger partial charge >= 0.3 is 5.97 Å². The smallest absolute Gasteiger partial charge is 0.326 e. The number of nitrogens with zero attached hydrogens (tertiary/aromatic N) is 1. The molecule has 0 saturated carbocycles. The zero-order valence-electron chi connectivity index (χ0n) is 20.7. The molecule has 0 saturated heterocycles. The number of carbonyl (C=O) groups excluding carboxylic acids is 2. The lowest BCUT2D eigenvalue weighted by molar-refractivity contribution is -0.148. The third-order valence-electron chi connectivity index (χ3n) is 4.41. The number of hydrogen-bond acceptors (Lipinski definition) is 7. The Morgan fingerprint density at radius 1 is 1.30 bits per heavy atom. The van der Waals surface area contributed by atoms with Gasteiger partial charge in [0.05, 0.1) is 18.5 Å². The van der Waals surface area contributed by atoms with E-state index in [1.807, 2.05) is 6.26 Å². The molecule has 186 valence electrons. The number of esters is 1. The molecule has 11 heteroatoms. The SMILES string of the molecule is CCOC(=O)C(C)(C)NP(=O)(NC(C)(C)C=O)c1ccc(/C(N=CN)=C(\CC(C)C)SC)o1. The third-order valence-corrected chi connectivity index (χ3v) is 7.89. The Morgan fingerprint density at radius 3 is 2.42 bits per heavy atom. The zero-order chi connectivity index (χ0) is 25.4. The van der Waals surface area contributed by atoms with Crippen molar-refractivity contribution in [2.24, 2.45) is 16.6 Å². The van der Waals surface area contributed by atoms with Crippen LogP contribution in [0.3, 0.4) is 0 Å². The third kappa shape index (κ3) is 8.14. The molecule has 0 fully saturated rings. The molecule has 1 unspecified atom stereocenters. The second-order valence-electron chi connectivity index (χ2n) is 9.01. The Hall–Kier alpha value is -1.87. The summed E-state index contributed by atoms with van der Waals surface area (Å²) >= 11 is 1.53. The average Bonchev–Trinajstić information content (AvgIpc) is 3.20. The zero-order valence-corrected chi connectivity index (χ0v) is 22.4. The Labute approximate surface area is 200 Å². The highest BCUT2D eigenvalue weighted by molar-refractivity contribution is 8.02. The van der Waals surface area contributed by atoms with Crippen LogP contribution in [0.2, 0.25) is 0 Å². The Morgan fingerprint density at radius 2 is 1.94 bits per heavy atom. The monoisotopic (exact) mass is 500 g/mol. The maximum absolute atomic E-state index is 14.2. The minimum atomic E-state index is -3.82. The molecule has 0 bridgehead atoms. The quantitative estimate of drug-likeness (QED) is 0.122. The predicted octanol–water partition coefficient (Wildman–Crippen LogP) is 3.66. The van der Waals surface area contributed by atoms with Crippen molar-refractivity contribution < 1.29 is 23.3 Å². The maximum Gasteiger partial charge on any atom is 0.326 e. The number of hydrogen-bond donors (Lipinski definition) is 3. The molecular weight excluding hydrogens is 463 g/mol. The van der Waals surface area contributed by atoms with E-state index in [4.69, 9.17) is 14.9 Å². The Balaban J connectivity index is 3.59. The lowest BCUT2D eigenvalue weighted by atomic mass is 10.1. The van der Waals surface area contributed by atoms with Gasteiger partial charge in [0, 0.05) is 4.91 Å². The fourth-order valence-electron chi connectivity index (χ4n) is 2.94. The largest absolute Gasteiger partial charge is 0.465 e. The summed E-state index contributed by atoms with van der Waals surface area (Å²) in [6, 6.07) is 3.19. The highest BCUT2D eigenvalue weighted by Gasteiger charge is 2.42. The molecule has 0 aliphatic rings. The van der Waals surface area contributed by atoms with Crippen molar-refractivity contribution in [2.45, 2.75) is 66.0 Å². The number of aldehydes is 1. The van der Waals surface area contributed by atoms with Crippen molar-refractivity contribution in [2.75, 3.05) is 12.9 Å². The number of thioether (sulfide) groups is 1. The first kappa shape index (κ1) is 29.2. The molecule has 0 aliphatic heterocycles. The number of ether oxygens (including phenoxy) is 1. The van der Waals surface area contributed by atoms with Gasteiger partial charge in [0.2, 0.25) is 0 Å². The number of aliphatic imine (C=N–C) groups is 1. The van der Waals surface area contributed by atoms with Crippen molar-refractivity contribution in [1.82, 2.24) is 10.2 Å². The molecule has 1 aromatic rings. The van der Waals surface area contributed by atoms with Crippen LogP contribution in [0.15, 0.2) is 26.4 Å². The molecule has 4 N–H and O–H groups in total. The summed E-state index contributed by atoms with van der Waals surface area (Å²) in [5, 5.41) is 5.69. The lowest BCUT2D eigenvalue weighted by Gasteiger charge is -2.32. The molecular formula is C22H37N4O5PS. The lowest BCUT2D eigenvalue weighted by Crippen LogP contribution is -2.53. The standard InChI is InChI=1S/C22H37N4O5PS/c1-9-30-20(28)22(6,7)26-32(29,25-21(4,5)13-27)18-11-10-16(31-18)19(24-14-23)17(33-8)12-15(2)3/h10-11,13-15H,9,12H2,1-8H3,(H2,23,24)(H2,25,26,29)/b19-17-. The summed E-state index contributed by atoms with van der Waals surface area (Å²) < 4.78 is 25.3. The van der Waals surface area contributed by atoms with E-state index >= 15 is 0 Å². The number of rotatable bonds is 13. The van der Waals surface area contributed by atoms with Gasteiger partial charge in [-0.05, 0) is 65.3 Å². The van der Waals surface area contributed by atoms with E-state index in [1.165, 1.54) is 24.2 Å². The predicted molar refractivity (Wildman–Crippen MR) is 136 cm³/mol. The summed E-state index contributed by atoms with van der Waals surface area (Å²) in [5.41, 5.74) is 3.66. The van der Waals surface area contributed by atoms with Crippen LogP contribution in [-0.4, -0.2) is 42.5 Å². The summed E-state index contributed by atoms with van der Waals surface area (Å²) in [6.45, 7) is 12.3. The summed E-state index contributed by atoms with van der Waals surface area (Å²) in [7, 11) is -3.82. The van der Waals surface area contributed by atoms with Crippen LogP contribution in [0.25, 0.3) is 5.70 Å². The van der Waals surface area contributed by atoms with Crippen molar-refractivity contribution in [3.05, 3.63) is 22.8 Å². The molecule has 0 radical (unpaired) electrons. The van der Waals surface area contributed by atoms with Gasteiger partial charge in [-0.2, -0.15) is 0 Å². The van der Waals surface area contributed by atoms with Crippen LogP contribution in [0, 0.1) is 5.92 Å². The van der Waals surface area contributed by atoms with Gasteiger partial charge < -0.3 is 19.7 Å². The molecule has 0 aliphatic carbocycles. The fraction of sp³-hybridized carbons (Fsp3) is 0.591. The number of carbonyl (C=O) groups is 2.